The summed E-state index contributed by atoms with van der Waals surface area (Å²) >= 11 is 0. The minimum absolute atomic E-state index is 0.0215. The van der Waals surface area contributed by atoms with E-state index in [1.54, 1.807) is 0 Å². The van der Waals surface area contributed by atoms with Crippen LogP contribution in [0.2, 0.25) is 0 Å². The van der Waals surface area contributed by atoms with Crippen LogP contribution in [0.1, 0.15) is 31.4 Å². The van der Waals surface area contributed by atoms with Gasteiger partial charge in [0.15, 0.2) is 0 Å². The summed E-state index contributed by atoms with van der Waals surface area (Å²) in [7, 11) is 0. The summed E-state index contributed by atoms with van der Waals surface area (Å²) in [5, 5.41) is 2.36. The third-order valence-corrected chi connectivity index (χ3v) is 2.63. The lowest BCUT2D eigenvalue weighted by Crippen LogP contribution is -2.26. The second-order valence-corrected chi connectivity index (χ2v) is 4.75. The van der Waals surface area contributed by atoms with Gasteiger partial charge >= 0.3 is 6.18 Å². The number of hydrogen-bond acceptors (Lipinski definition) is 2. The molecule has 0 bridgehead atoms. The maximum Gasteiger partial charge on any atom is 0.416 e. The lowest BCUT2D eigenvalue weighted by atomic mass is 10.1. The Balaban J connectivity index is 2.61. The van der Waals surface area contributed by atoms with Crippen LogP contribution < -0.4 is 5.32 Å². The molecule has 1 amide bonds. The molecule has 0 unspecified atom stereocenters. The average molecular weight is 307 g/mol. The quantitative estimate of drug-likeness (QED) is 0.819. The molecular weight excluding hydrogens is 290 g/mol. The second-order valence-electron chi connectivity index (χ2n) is 4.75. The number of benzene rings is 1. The van der Waals surface area contributed by atoms with Gasteiger partial charge in [-0.2, -0.15) is 13.2 Å². The van der Waals surface area contributed by atoms with Crippen molar-refractivity contribution >= 4 is 5.91 Å². The van der Waals surface area contributed by atoms with E-state index in [0.717, 1.165) is 12.1 Å². The van der Waals surface area contributed by atoms with E-state index in [-0.39, 0.29) is 31.2 Å². The molecule has 0 saturated carbocycles. The average Bonchev–Trinajstić information content (AvgIpc) is 2.35. The number of nitrogens with one attached hydrogen (secondary N) is 1. The summed E-state index contributed by atoms with van der Waals surface area (Å²) in [6.07, 6.45) is -4.63. The molecule has 0 radical (unpaired) electrons. The lowest BCUT2D eigenvalue weighted by molar-refractivity contribution is -0.138. The SMILES string of the molecule is CC(C)OCCC(=O)NCc1ccc(F)cc1C(F)(F)F. The zero-order chi connectivity index (χ0) is 16.0. The molecule has 1 aromatic rings. The monoisotopic (exact) mass is 307 g/mol. The van der Waals surface area contributed by atoms with Gasteiger partial charge < -0.3 is 10.1 Å². The van der Waals surface area contributed by atoms with Gasteiger partial charge in [0, 0.05) is 13.0 Å². The van der Waals surface area contributed by atoms with Crippen molar-refractivity contribution in [2.75, 3.05) is 6.61 Å². The summed E-state index contributed by atoms with van der Waals surface area (Å²) in [6.45, 7) is 3.51. The van der Waals surface area contributed by atoms with Crippen molar-refractivity contribution in [3.05, 3.63) is 35.1 Å². The number of carbonyl (C=O) groups is 1. The predicted octanol–water partition coefficient (Wildman–Crippen LogP) is 3.28. The molecule has 0 aliphatic rings. The Hall–Kier alpha value is -1.63. The van der Waals surface area contributed by atoms with Crippen LogP contribution in [-0.2, 0) is 22.3 Å². The third-order valence-electron chi connectivity index (χ3n) is 2.63. The van der Waals surface area contributed by atoms with Crippen molar-refractivity contribution in [3.63, 3.8) is 0 Å². The Morgan fingerprint density at radius 2 is 2.00 bits per heavy atom. The first-order valence-corrected chi connectivity index (χ1v) is 6.44. The zero-order valence-corrected chi connectivity index (χ0v) is 11.8. The van der Waals surface area contributed by atoms with Gasteiger partial charge in [0.25, 0.3) is 0 Å². The van der Waals surface area contributed by atoms with Crippen LogP contribution in [0.15, 0.2) is 18.2 Å². The summed E-state index contributed by atoms with van der Waals surface area (Å²) in [4.78, 5) is 11.5. The van der Waals surface area contributed by atoms with Gasteiger partial charge in [-0.05, 0) is 31.5 Å². The molecule has 0 heterocycles. The van der Waals surface area contributed by atoms with Gasteiger partial charge in [-0.15, -0.1) is 0 Å². The van der Waals surface area contributed by atoms with E-state index in [0.29, 0.717) is 6.07 Å². The van der Waals surface area contributed by atoms with Crippen molar-refractivity contribution in [1.82, 2.24) is 5.32 Å². The molecule has 21 heavy (non-hydrogen) atoms. The molecule has 0 fully saturated rings. The van der Waals surface area contributed by atoms with Crippen LogP contribution in [-0.4, -0.2) is 18.6 Å². The summed E-state index contributed by atoms with van der Waals surface area (Å²) in [5.74, 6) is -1.39. The molecule has 0 aliphatic heterocycles. The molecule has 3 nitrogen and oxygen atoms in total. The smallest absolute Gasteiger partial charge is 0.378 e. The number of carbonyl (C=O) groups excluding carboxylic acids is 1. The fourth-order valence-corrected chi connectivity index (χ4v) is 1.64. The first kappa shape index (κ1) is 17.4. The number of halogens is 4. The Morgan fingerprint density at radius 3 is 2.57 bits per heavy atom. The van der Waals surface area contributed by atoms with Crippen molar-refractivity contribution in [2.45, 2.75) is 39.1 Å². The first-order chi connectivity index (χ1) is 9.70. The molecule has 0 aliphatic carbocycles. The van der Waals surface area contributed by atoms with Gasteiger partial charge in [-0.1, -0.05) is 6.07 Å². The molecule has 1 aromatic carbocycles. The molecule has 0 spiro atoms. The fourth-order valence-electron chi connectivity index (χ4n) is 1.64. The van der Waals surface area contributed by atoms with E-state index in [1.165, 1.54) is 0 Å². The predicted molar refractivity (Wildman–Crippen MR) is 69.0 cm³/mol. The maximum atomic E-state index is 12.9. The van der Waals surface area contributed by atoms with E-state index >= 15 is 0 Å². The number of alkyl halides is 3. The molecule has 1 N–H and O–H groups in total. The normalized spacial score (nSPS) is 11.8. The number of ether oxygens (including phenoxy) is 1. The maximum absolute atomic E-state index is 12.9. The largest absolute Gasteiger partial charge is 0.416 e. The summed E-state index contributed by atoms with van der Waals surface area (Å²) < 4.78 is 56.3. The molecule has 1 rings (SSSR count). The first-order valence-electron chi connectivity index (χ1n) is 6.44. The Kier molecular flexibility index (Phi) is 6.14. The molecule has 7 heteroatoms. The molecule has 118 valence electrons. The van der Waals surface area contributed by atoms with Crippen molar-refractivity contribution in [3.8, 4) is 0 Å². The van der Waals surface area contributed by atoms with E-state index in [9.17, 15) is 22.4 Å². The summed E-state index contributed by atoms with van der Waals surface area (Å²) in [6, 6.07) is 2.37. The molecule has 0 atom stereocenters. The lowest BCUT2D eigenvalue weighted by Gasteiger charge is -2.14. The number of rotatable bonds is 6. The standard InChI is InChI=1S/C14H17F4NO2/c1-9(2)21-6-5-13(20)19-8-10-3-4-11(15)7-12(10)14(16,17)18/h3-4,7,9H,5-6,8H2,1-2H3,(H,19,20). The van der Waals surface area contributed by atoms with Crippen LogP contribution in [0.25, 0.3) is 0 Å². The van der Waals surface area contributed by atoms with Crippen molar-refractivity contribution in [1.29, 1.82) is 0 Å². The number of hydrogen-bond donors (Lipinski definition) is 1. The topological polar surface area (TPSA) is 38.3 Å². The van der Waals surface area contributed by atoms with Crippen LogP contribution in [0.3, 0.4) is 0 Å². The van der Waals surface area contributed by atoms with Crippen molar-refractivity contribution in [2.24, 2.45) is 0 Å². The number of amides is 1. The van der Waals surface area contributed by atoms with E-state index in [4.69, 9.17) is 4.74 Å². The zero-order valence-electron chi connectivity index (χ0n) is 11.8. The Morgan fingerprint density at radius 1 is 1.33 bits per heavy atom. The molecular formula is C14H17F4NO2. The van der Waals surface area contributed by atoms with Gasteiger partial charge in [-0.3, -0.25) is 4.79 Å². The minimum atomic E-state index is -4.66. The van der Waals surface area contributed by atoms with Crippen LogP contribution >= 0.6 is 0 Å². The van der Waals surface area contributed by atoms with Crippen LogP contribution in [0.5, 0.6) is 0 Å². The minimum Gasteiger partial charge on any atom is -0.378 e. The second kappa shape index (κ2) is 7.40. The van der Waals surface area contributed by atoms with Gasteiger partial charge in [0.1, 0.15) is 5.82 Å². The van der Waals surface area contributed by atoms with E-state index < -0.39 is 23.5 Å². The fraction of sp³-hybridized carbons (Fsp3) is 0.500. The Labute approximate surface area is 120 Å². The van der Waals surface area contributed by atoms with Crippen molar-refractivity contribution < 1.29 is 27.1 Å². The highest BCUT2D eigenvalue weighted by Crippen LogP contribution is 2.32. The van der Waals surface area contributed by atoms with Gasteiger partial charge in [-0.25, -0.2) is 4.39 Å². The van der Waals surface area contributed by atoms with E-state index in [1.807, 2.05) is 13.8 Å². The van der Waals surface area contributed by atoms with Gasteiger partial charge in [0.05, 0.1) is 18.3 Å². The third kappa shape index (κ3) is 6.12. The van der Waals surface area contributed by atoms with Crippen LogP contribution in [0.4, 0.5) is 17.6 Å². The highest BCUT2D eigenvalue weighted by molar-refractivity contribution is 5.76. The van der Waals surface area contributed by atoms with Gasteiger partial charge in [0.2, 0.25) is 5.91 Å². The Bertz CT molecular complexity index is 486. The van der Waals surface area contributed by atoms with E-state index in [2.05, 4.69) is 5.32 Å². The summed E-state index contributed by atoms with van der Waals surface area (Å²) in [5.41, 5.74) is -1.26. The van der Waals surface area contributed by atoms with Crippen LogP contribution in [0, 0.1) is 5.82 Å². The highest BCUT2D eigenvalue weighted by Gasteiger charge is 2.33. The molecule has 0 aromatic heterocycles. The highest BCUT2D eigenvalue weighted by atomic mass is 19.4. The molecule has 0 saturated heterocycles.